The summed E-state index contributed by atoms with van der Waals surface area (Å²) in [5.41, 5.74) is 2.35. The van der Waals surface area contributed by atoms with Crippen LogP contribution in [0.2, 0.25) is 0 Å². The van der Waals surface area contributed by atoms with E-state index < -0.39 is 6.10 Å². The standard InChI is InChI=1S/C21H27NO3/c1-4-20(25-19-9-5-7-16(2)15-19)21(23)22-14-6-8-17-10-12-18(24-3)13-11-17/h5,7,9-13,15,20H,4,6,8,14H2,1-3H3,(H,22,23)/t20-/m0/s1. The Bertz CT molecular complexity index is 667. The molecule has 2 aromatic carbocycles. The van der Waals surface area contributed by atoms with Crippen molar-refractivity contribution in [3.63, 3.8) is 0 Å². The Balaban J connectivity index is 1.75. The average Bonchev–Trinajstić information content (AvgIpc) is 2.63. The zero-order valence-electron chi connectivity index (χ0n) is 15.2. The molecule has 134 valence electrons. The number of amides is 1. The summed E-state index contributed by atoms with van der Waals surface area (Å²) in [5, 5.41) is 2.97. The minimum absolute atomic E-state index is 0.0567. The third-order valence-electron chi connectivity index (χ3n) is 4.03. The number of benzene rings is 2. The molecule has 0 spiro atoms. The van der Waals surface area contributed by atoms with Gasteiger partial charge in [0.05, 0.1) is 7.11 Å². The first-order chi connectivity index (χ1) is 12.1. The lowest BCUT2D eigenvalue weighted by Gasteiger charge is -2.17. The molecule has 4 nitrogen and oxygen atoms in total. The van der Waals surface area contributed by atoms with Crippen LogP contribution in [-0.2, 0) is 11.2 Å². The molecule has 0 saturated carbocycles. The quantitative estimate of drug-likeness (QED) is 0.704. The van der Waals surface area contributed by atoms with Crippen molar-refractivity contribution in [2.75, 3.05) is 13.7 Å². The fraction of sp³-hybridized carbons (Fsp3) is 0.381. The SMILES string of the molecule is CC[C@H](Oc1cccc(C)c1)C(=O)NCCCc1ccc(OC)cc1. The number of hydrogen-bond donors (Lipinski definition) is 1. The Morgan fingerprint density at radius 1 is 1.12 bits per heavy atom. The lowest BCUT2D eigenvalue weighted by molar-refractivity contribution is -0.128. The van der Waals surface area contributed by atoms with Crippen molar-refractivity contribution in [3.8, 4) is 11.5 Å². The van der Waals surface area contributed by atoms with Crippen molar-refractivity contribution < 1.29 is 14.3 Å². The molecule has 0 radical (unpaired) electrons. The van der Waals surface area contributed by atoms with Crippen molar-refractivity contribution in [3.05, 3.63) is 59.7 Å². The smallest absolute Gasteiger partial charge is 0.261 e. The predicted octanol–water partition coefficient (Wildman–Crippen LogP) is 3.91. The molecule has 0 heterocycles. The maximum atomic E-state index is 12.3. The van der Waals surface area contributed by atoms with Gasteiger partial charge in [0.1, 0.15) is 11.5 Å². The van der Waals surface area contributed by atoms with Gasteiger partial charge >= 0.3 is 0 Å². The number of methoxy groups -OCH3 is 1. The highest BCUT2D eigenvalue weighted by Gasteiger charge is 2.17. The summed E-state index contributed by atoms with van der Waals surface area (Å²) in [7, 11) is 1.66. The topological polar surface area (TPSA) is 47.6 Å². The summed E-state index contributed by atoms with van der Waals surface area (Å²) in [6.07, 6.45) is 1.99. The van der Waals surface area contributed by atoms with Gasteiger partial charge in [0, 0.05) is 6.54 Å². The van der Waals surface area contributed by atoms with Gasteiger partial charge in [-0.1, -0.05) is 31.2 Å². The van der Waals surface area contributed by atoms with Crippen molar-refractivity contribution in [2.24, 2.45) is 0 Å². The molecular formula is C21H27NO3. The zero-order chi connectivity index (χ0) is 18.1. The van der Waals surface area contributed by atoms with Crippen LogP contribution < -0.4 is 14.8 Å². The van der Waals surface area contributed by atoms with Crippen molar-refractivity contribution in [1.82, 2.24) is 5.32 Å². The van der Waals surface area contributed by atoms with Crippen LogP contribution in [0.3, 0.4) is 0 Å². The van der Waals surface area contributed by atoms with Crippen molar-refractivity contribution in [2.45, 2.75) is 39.2 Å². The van der Waals surface area contributed by atoms with Gasteiger partial charge in [0.2, 0.25) is 0 Å². The number of carbonyl (C=O) groups is 1. The fourth-order valence-electron chi connectivity index (χ4n) is 2.59. The number of carbonyl (C=O) groups excluding carboxylic acids is 1. The van der Waals surface area contributed by atoms with Crippen LogP contribution in [0, 0.1) is 6.92 Å². The number of rotatable bonds is 9. The van der Waals surface area contributed by atoms with Gasteiger partial charge in [-0.15, -0.1) is 0 Å². The largest absolute Gasteiger partial charge is 0.497 e. The molecule has 0 fully saturated rings. The lowest BCUT2D eigenvalue weighted by Crippen LogP contribution is -2.38. The highest BCUT2D eigenvalue weighted by atomic mass is 16.5. The first-order valence-corrected chi connectivity index (χ1v) is 8.76. The Kier molecular flexibility index (Phi) is 7.33. The van der Waals surface area contributed by atoms with Crippen LogP contribution in [0.1, 0.15) is 30.9 Å². The second-order valence-electron chi connectivity index (χ2n) is 6.07. The monoisotopic (exact) mass is 341 g/mol. The summed E-state index contributed by atoms with van der Waals surface area (Å²) in [6, 6.07) is 15.8. The molecule has 1 atom stereocenters. The average molecular weight is 341 g/mol. The van der Waals surface area contributed by atoms with Crippen LogP contribution in [0.5, 0.6) is 11.5 Å². The van der Waals surface area contributed by atoms with Crippen LogP contribution in [0.4, 0.5) is 0 Å². The number of ether oxygens (including phenoxy) is 2. The highest BCUT2D eigenvalue weighted by Crippen LogP contribution is 2.16. The van der Waals surface area contributed by atoms with Crippen LogP contribution in [-0.4, -0.2) is 25.7 Å². The molecule has 0 saturated heterocycles. The Morgan fingerprint density at radius 3 is 2.52 bits per heavy atom. The number of aryl methyl sites for hydroxylation is 2. The molecule has 1 N–H and O–H groups in total. The van der Waals surface area contributed by atoms with E-state index >= 15 is 0 Å². The summed E-state index contributed by atoms with van der Waals surface area (Å²) < 4.78 is 11.0. The molecule has 0 unspecified atom stereocenters. The second-order valence-corrected chi connectivity index (χ2v) is 6.07. The van der Waals surface area contributed by atoms with Gasteiger partial charge in [-0.05, 0) is 61.6 Å². The van der Waals surface area contributed by atoms with E-state index in [-0.39, 0.29) is 5.91 Å². The molecule has 2 rings (SSSR count). The first-order valence-electron chi connectivity index (χ1n) is 8.76. The molecule has 0 aliphatic carbocycles. The highest BCUT2D eigenvalue weighted by molar-refractivity contribution is 5.81. The Morgan fingerprint density at radius 2 is 1.88 bits per heavy atom. The molecular weight excluding hydrogens is 314 g/mol. The van der Waals surface area contributed by atoms with E-state index in [1.165, 1.54) is 5.56 Å². The maximum Gasteiger partial charge on any atom is 0.261 e. The van der Waals surface area contributed by atoms with E-state index in [9.17, 15) is 4.79 Å². The van der Waals surface area contributed by atoms with Crippen LogP contribution >= 0.6 is 0 Å². The van der Waals surface area contributed by atoms with E-state index in [4.69, 9.17) is 9.47 Å². The normalized spacial score (nSPS) is 11.6. The van der Waals surface area contributed by atoms with Crippen molar-refractivity contribution >= 4 is 5.91 Å². The minimum Gasteiger partial charge on any atom is -0.497 e. The lowest BCUT2D eigenvalue weighted by atomic mass is 10.1. The first kappa shape index (κ1) is 18.8. The van der Waals surface area contributed by atoms with E-state index in [0.717, 1.165) is 29.9 Å². The van der Waals surface area contributed by atoms with E-state index in [1.54, 1.807) is 7.11 Å². The molecule has 2 aromatic rings. The second kappa shape index (κ2) is 9.72. The summed E-state index contributed by atoms with van der Waals surface area (Å²) in [6.45, 7) is 4.60. The summed E-state index contributed by atoms with van der Waals surface area (Å²) >= 11 is 0. The third kappa shape index (κ3) is 6.14. The van der Waals surface area contributed by atoms with Gasteiger partial charge in [-0.25, -0.2) is 0 Å². The van der Waals surface area contributed by atoms with E-state index in [1.807, 2.05) is 50.2 Å². The molecule has 0 aromatic heterocycles. The molecule has 1 amide bonds. The van der Waals surface area contributed by atoms with Crippen molar-refractivity contribution in [1.29, 1.82) is 0 Å². The fourth-order valence-corrected chi connectivity index (χ4v) is 2.59. The predicted molar refractivity (Wildman–Crippen MR) is 100 cm³/mol. The van der Waals surface area contributed by atoms with Gasteiger partial charge in [-0.3, -0.25) is 4.79 Å². The molecule has 25 heavy (non-hydrogen) atoms. The Hall–Kier alpha value is -2.49. The molecule has 0 aliphatic rings. The van der Waals surface area contributed by atoms with Gasteiger partial charge < -0.3 is 14.8 Å². The van der Waals surface area contributed by atoms with E-state index in [2.05, 4.69) is 17.4 Å². The van der Waals surface area contributed by atoms with Crippen LogP contribution in [0.25, 0.3) is 0 Å². The Labute approximate surface area is 150 Å². The third-order valence-corrected chi connectivity index (χ3v) is 4.03. The number of nitrogens with one attached hydrogen (secondary N) is 1. The zero-order valence-corrected chi connectivity index (χ0v) is 15.2. The summed E-state index contributed by atoms with van der Waals surface area (Å²) in [5.74, 6) is 1.54. The van der Waals surface area contributed by atoms with Gasteiger partial charge in [0.15, 0.2) is 6.10 Å². The maximum absolute atomic E-state index is 12.3. The molecule has 0 bridgehead atoms. The van der Waals surface area contributed by atoms with E-state index in [0.29, 0.717) is 13.0 Å². The van der Waals surface area contributed by atoms with Gasteiger partial charge in [0.25, 0.3) is 5.91 Å². The van der Waals surface area contributed by atoms with Gasteiger partial charge in [-0.2, -0.15) is 0 Å². The molecule has 0 aliphatic heterocycles. The molecule has 4 heteroatoms. The minimum atomic E-state index is -0.456. The van der Waals surface area contributed by atoms with Crippen LogP contribution in [0.15, 0.2) is 48.5 Å². The summed E-state index contributed by atoms with van der Waals surface area (Å²) in [4.78, 5) is 12.3. The number of hydrogen-bond acceptors (Lipinski definition) is 3.